The Bertz CT molecular complexity index is 925. The van der Waals surface area contributed by atoms with Gasteiger partial charge >= 0.3 is 0 Å². The number of halogens is 1. The summed E-state index contributed by atoms with van der Waals surface area (Å²) < 4.78 is 0. The van der Waals surface area contributed by atoms with Crippen LogP contribution in [0.15, 0.2) is 41.7 Å². The number of fused-ring (bicyclic) bond motifs is 1. The number of pyridine rings is 1. The maximum Gasteiger partial charge on any atom is 0.153 e. The van der Waals surface area contributed by atoms with Gasteiger partial charge in [0.25, 0.3) is 0 Å². The summed E-state index contributed by atoms with van der Waals surface area (Å²) >= 11 is 6.13. The average Bonchev–Trinajstić information content (AvgIpc) is 3.09. The number of hydrogen-bond donors (Lipinski definition) is 2. The van der Waals surface area contributed by atoms with Crippen LogP contribution in [0.2, 0.25) is 5.02 Å². The number of hydrogen-bond acceptors (Lipinski definition) is 7. The van der Waals surface area contributed by atoms with E-state index < -0.39 is 0 Å². The molecule has 0 atom stereocenters. The molecule has 1 aliphatic heterocycles. The van der Waals surface area contributed by atoms with Gasteiger partial charge in [-0.3, -0.25) is 4.99 Å². The van der Waals surface area contributed by atoms with E-state index in [-0.39, 0.29) is 0 Å². The molecular weight excluding hydrogens is 314 g/mol. The summed E-state index contributed by atoms with van der Waals surface area (Å²) in [5, 5.41) is 2.39. The molecule has 23 heavy (non-hydrogen) atoms. The molecule has 4 rings (SSSR count). The lowest BCUT2D eigenvalue weighted by atomic mass is 10.0. The zero-order chi connectivity index (χ0) is 15.8. The Balaban J connectivity index is 2.00. The molecule has 0 saturated heterocycles. The van der Waals surface area contributed by atoms with Crippen LogP contribution in [0, 0.1) is 0 Å². The van der Waals surface area contributed by atoms with E-state index in [0.29, 0.717) is 34.4 Å². The normalized spacial score (nSPS) is 13.9. The topological polar surface area (TPSA) is 92.3 Å². The Kier molecular flexibility index (Phi) is 3.29. The quantitative estimate of drug-likeness (QED) is 0.750. The van der Waals surface area contributed by atoms with Gasteiger partial charge in [0, 0.05) is 10.6 Å². The van der Waals surface area contributed by atoms with E-state index in [4.69, 9.17) is 17.3 Å². The lowest BCUT2D eigenvalue weighted by Gasteiger charge is -2.16. The van der Waals surface area contributed by atoms with Crippen molar-refractivity contribution < 1.29 is 0 Å². The van der Waals surface area contributed by atoms with Crippen molar-refractivity contribution in [3.63, 3.8) is 0 Å². The monoisotopic (exact) mass is 325 g/mol. The number of aromatic nitrogens is 3. The van der Waals surface area contributed by atoms with Crippen LogP contribution >= 0.6 is 11.6 Å². The fourth-order valence-corrected chi connectivity index (χ4v) is 2.65. The van der Waals surface area contributed by atoms with Crippen LogP contribution in [0.3, 0.4) is 0 Å². The van der Waals surface area contributed by atoms with Gasteiger partial charge < -0.3 is 5.73 Å². The van der Waals surface area contributed by atoms with E-state index >= 15 is 0 Å². The second-order valence-corrected chi connectivity index (χ2v) is 5.42. The molecule has 1 aliphatic rings. The molecule has 0 bridgehead atoms. The van der Waals surface area contributed by atoms with Gasteiger partial charge in [-0.2, -0.15) is 0 Å². The largest absolute Gasteiger partial charge is 0.382 e. The Morgan fingerprint density at radius 2 is 2.09 bits per heavy atom. The highest BCUT2D eigenvalue weighted by molar-refractivity contribution is 6.30. The van der Waals surface area contributed by atoms with Crippen molar-refractivity contribution in [3.8, 4) is 11.1 Å². The van der Waals surface area contributed by atoms with Crippen molar-refractivity contribution in [2.45, 2.75) is 0 Å². The first kappa shape index (κ1) is 13.9. The number of nitrogens with two attached hydrogens (primary N) is 1. The first-order valence-corrected chi connectivity index (χ1v) is 7.30. The van der Waals surface area contributed by atoms with Crippen molar-refractivity contribution in [2.75, 3.05) is 17.4 Å². The van der Waals surface area contributed by atoms with E-state index in [2.05, 4.69) is 25.4 Å². The molecular formula is C15H12ClN7. The third-order valence-corrected chi connectivity index (χ3v) is 3.75. The molecule has 2 aromatic heterocycles. The molecule has 0 radical (unpaired) electrons. The predicted molar refractivity (Wildman–Crippen MR) is 91.2 cm³/mol. The number of rotatable bonds is 2. The minimum atomic E-state index is 0.330. The second kappa shape index (κ2) is 5.45. The SMILES string of the molecule is Nc1ncnc2c(-c3cccc(Cl)c3)cc(N3C=NCN3)nc12. The number of nitrogens with one attached hydrogen (secondary N) is 1. The van der Waals surface area contributed by atoms with Crippen molar-refractivity contribution in [2.24, 2.45) is 4.99 Å². The summed E-state index contributed by atoms with van der Waals surface area (Å²) in [6.07, 6.45) is 3.11. The molecule has 3 aromatic rings. The number of aliphatic imine (C=N–C) groups is 1. The van der Waals surface area contributed by atoms with Crippen LogP contribution in [-0.2, 0) is 0 Å². The molecule has 0 saturated carbocycles. The molecule has 114 valence electrons. The van der Waals surface area contributed by atoms with Gasteiger partial charge in [-0.05, 0) is 23.8 Å². The number of nitrogens with zero attached hydrogens (tertiary/aromatic N) is 5. The summed E-state index contributed by atoms with van der Waals surface area (Å²) in [5.74, 6) is 0.992. The van der Waals surface area contributed by atoms with Crippen molar-refractivity contribution in [1.29, 1.82) is 0 Å². The Morgan fingerprint density at radius 1 is 1.17 bits per heavy atom. The maximum absolute atomic E-state index is 6.13. The average molecular weight is 326 g/mol. The summed E-state index contributed by atoms with van der Waals surface area (Å²) in [7, 11) is 0. The van der Waals surface area contributed by atoms with Crippen molar-refractivity contribution >= 4 is 40.6 Å². The first-order chi connectivity index (χ1) is 11.2. The van der Waals surface area contributed by atoms with Crippen molar-refractivity contribution in [1.82, 2.24) is 20.4 Å². The molecule has 0 spiro atoms. The molecule has 3 heterocycles. The fraction of sp³-hybridized carbons (Fsp3) is 0.0667. The number of benzene rings is 1. The number of anilines is 2. The van der Waals surface area contributed by atoms with Gasteiger partial charge in [0.2, 0.25) is 0 Å². The molecule has 0 fully saturated rings. The van der Waals surface area contributed by atoms with Crippen LogP contribution in [0.4, 0.5) is 11.6 Å². The summed E-state index contributed by atoms with van der Waals surface area (Å²) in [4.78, 5) is 17.1. The summed E-state index contributed by atoms with van der Waals surface area (Å²) in [5.41, 5.74) is 12.1. The molecule has 0 amide bonds. The van der Waals surface area contributed by atoms with E-state index in [1.165, 1.54) is 6.33 Å². The Labute approximate surface area is 136 Å². The third kappa shape index (κ3) is 2.45. The highest BCUT2D eigenvalue weighted by Gasteiger charge is 2.16. The van der Waals surface area contributed by atoms with Crippen LogP contribution < -0.4 is 16.2 Å². The molecule has 8 heteroatoms. The Hall–Kier alpha value is -2.77. The standard InChI is InChI=1S/C15H12ClN7/c16-10-3-1-2-9(4-10)11-5-12(23-8-18-6-21-23)22-14-13(11)19-7-20-15(14)17/h1-5,7-8,21H,6H2,(H2,17,19,20). The van der Waals surface area contributed by atoms with E-state index in [1.54, 1.807) is 11.3 Å². The lowest BCUT2D eigenvalue weighted by Crippen LogP contribution is -2.32. The van der Waals surface area contributed by atoms with E-state index in [0.717, 1.165) is 11.1 Å². The molecule has 0 aliphatic carbocycles. The van der Waals surface area contributed by atoms with Gasteiger partial charge in [-0.1, -0.05) is 23.7 Å². The van der Waals surface area contributed by atoms with Gasteiger partial charge in [-0.25, -0.2) is 25.4 Å². The van der Waals surface area contributed by atoms with Crippen LogP contribution in [0.25, 0.3) is 22.2 Å². The molecule has 1 aromatic carbocycles. The highest BCUT2D eigenvalue weighted by atomic mass is 35.5. The number of hydrazine groups is 1. The predicted octanol–water partition coefficient (Wildman–Crippen LogP) is 2.24. The zero-order valence-electron chi connectivity index (χ0n) is 11.9. The Morgan fingerprint density at radius 3 is 2.87 bits per heavy atom. The zero-order valence-corrected chi connectivity index (χ0v) is 12.7. The third-order valence-electron chi connectivity index (χ3n) is 3.52. The number of nitrogen functional groups attached to an aromatic ring is 1. The van der Waals surface area contributed by atoms with Crippen molar-refractivity contribution in [3.05, 3.63) is 41.7 Å². The highest BCUT2D eigenvalue weighted by Crippen LogP contribution is 2.32. The minimum Gasteiger partial charge on any atom is -0.382 e. The van der Waals surface area contributed by atoms with Crippen LogP contribution in [-0.4, -0.2) is 28.0 Å². The smallest absolute Gasteiger partial charge is 0.153 e. The van der Waals surface area contributed by atoms with E-state index in [9.17, 15) is 0 Å². The lowest BCUT2D eigenvalue weighted by molar-refractivity contribution is 0.789. The van der Waals surface area contributed by atoms with Gasteiger partial charge in [-0.15, -0.1) is 0 Å². The molecule has 7 nitrogen and oxygen atoms in total. The fourth-order valence-electron chi connectivity index (χ4n) is 2.46. The summed E-state index contributed by atoms with van der Waals surface area (Å²) in [6.45, 7) is 0.507. The first-order valence-electron chi connectivity index (χ1n) is 6.92. The maximum atomic E-state index is 6.13. The van der Waals surface area contributed by atoms with E-state index in [1.807, 2.05) is 30.3 Å². The van der Waals surface area contributed by atoms with Crippen LogP contribution in [0.1, 0.15) is 0 Å². The van der Waals surface area contributed by atoms with Gasteiger partial charge in [0.05, 0.1) is 0 Å². The molecule has 0 unspecified atom stereocenters. The molecule has 3 N–H and O–H groups in total. The summed E-state index contributed by atoms with van der Waals surface area (Å²) in [6, 6.07) is 9.49. The van der Waals surface area contributed by atoms with Crippen LogP contribution in [0.5, 0.6) is 0 Å². The minimum absolute atomic E-state index is 0.330. The van der Waals surface area contributed by atoms with Gasteiger partial charge in [0.15, 0.2) is 5.82 Å². The second-order valence-electron chi connectivity index (χ2n) is 4.98. The van der Waals surface area contributed by atoms with Gasteiger partial charge in [0.1, 0.15) is 36.2 Å².